The summed E-state index contributed by atoms with van der Waals surface area (Å²) in [4.78, 5) is 10.5. The molecule has 0 saturated heterocycles. The zero-order valence-corrected chi connectivity index (χ0v) is 10.9. The fourth-order valence-corrected chi connectivity index (χ4v) is 2.19. The zero-order chi connectivity index (χ0) is 14.7. The van der Waals surface area contributed by atoms with Crippen molar-refractivity contribution < 1.29 is 14.4 Å². The van der Waals surface area contributed by atoms with Crippen LogP contribution in [0.15, 0.2) is 42.5 Å². The van der Waals surface area contributed by atoms with Gasteiger partial charge in [-0.1, -0.05) is 24.3 Å². The lowest BCUT2D eigenvalue weighted by atomic mass is 9.97. The van der Waals surface area contributed by atoms with Crippen LogP contribution in [0.3, 0.4) is 0 Å². The molecular formula is C15H14FNO3. The second-order valence-electron chi connectivity index (χ2n) is 4.61. The molecule has 0 saturated carbocycles. The molecule has 0 aliphatic carbocycles. The molecular weight excluding hydrogens is 261 g/mol. The van der Waals surface area contributed by atoms with E-state index in [1.54, 1.807) is 25.1 Å². The first-order valence-electron chi connectivity index (χ1n) is 6.15. The summed E-state index contributed by atoms with van der Waals surface area (Å²) >= 11 is 0. The number of rotatable bonds is 4. The Balaban J connectivity index is 2.28. The van der Waals surface area contributed by atoms with E-state index >= 15 is 0 Å². The van der Waals surface area contributed by atoms with Crippen molar-refractivity contribution in [3.63, 3.8) is 0 Å². The molecule has 0 spiro atoms. The Hall–Kier alpha value is -2.27. The van der Waals surface area contributed by atoms with Crippen molar-refractivity contribution in [3.8, 4) is 0 Å². The molecule has 0 fully saturated rings. The summed E-state index contributed by atoms with van der Waals surface area (Å²) < 4.78 is 13.0. The van der Waals surface area contributed by atoms with Crippen LogP contribution < -0.4 is 0 Å². The summed E-state index contributed by atoms with van der Waals surface area (Å²) in [6.07, 6.45) is -0.791. The first-order chi connectivity index (χ1) is 9.49. The van der Waals surface area contributed by atoms with Crippen LogP contribution in [0.5, 0.6) is 0 Å². The lowest BCUT2D eigenvalue weighted by Gasteiger charge is -2.14. The summed E-state index contributed by atoms with van der Waals surface area (Å²) in [5.74, 6) is -0.371. The molecule has 2 aromatic rings. The molecule has 0 heterocycles. The van der Waals surface area contributed by atoms with Gasteiger partial charge in [0, 0.05) is 18.1 Å². The highest BCUT2D eigenvalue weighted by atomic mass is 19.1. The van der Waals surface area contributed by atoms with Crippen LogP contribution >= 0.6 is 0 Å². The molecule has 1 unspecified atom stereocenters. The third-order valence-electron chi connectivity index (χ3n) is 3.19. The number of aryl methyl sites for hydroxylation is 1. The molecule has 0 aliphatic heterocycles. The highest BCUT2D eigenvalue weighted by Gasteiger charge is 2.18. The van der Waals surface area contributed by atoms with E-state index in [9.17, 15) is 19.6 Å². The predicted octanol–water partition coefficient (Wildman–Crippen LogP) is 3.32. The number of nitro groups is 1. The van der Waals surface area contributed by atoms with Crippen molar-refractivity contribution in [2.24, 2.45) is 0 Å². The Kier molecular flexibility index (Phi) is 4.10. The number of nitro benzene ring substituents is 1. The molecule has 1 atom stereocenters. The lowest BCUT2D eigenvalue weighted by molar-refractivity contribution is -0.385. The van der Waals surface area contributed by atoms with Crippen LogP contribution in [0.2, 0.25) is 0 Å². The third-order valence-corrected chi connectivity index (χ3v) is 3.19. The molecule has 20 heavy (non-hydrogen) atoms. The number of para-hydroxylation sites is 1. The fourth-order valence-electron chi connectivity index (χ4n) is 2.19. The van der Waals surface area contributed by atoms with Gasteiger partial charge in [0.1, 0.15) is 5.82 Å². The van der Waals surface area contributed by atoms with Crippen LogP contribution in [-0.4, -0.2) is 10.0 Å². The Morgan fingerprint density at radius 1 is 1.30 bits per heavy atom. The summed E-state index contributed by atoms with van der Waals surface area (Å²) in [7, 11) is 0. The highest BCUT2D eigenvalue weighted by molar-refractivity contribution is 5.41. The number of nitrogens with zero attached hydrogens (tertiary/aromatic N) is 1. The van der Waals surface area contributed by atoms with Crippen LogP contribution in [0.1, 0.15) is 22.8 Å². The molecule has 104 valence electrons. The summed E-state index contributed by atoms with van der Waals surface area (Å²) in [5, 5.41) is 21.1. The maximum Gasteiger partial charge on any atom is 0.272 e. The van der Waals surface area contributed by atoms with Gasteiger partial charge in [-0.05, 0) is 30.2 Å². The highest BCUT2D eigenvalue weighted by Crippen LogP contribution is 2.26. The Morgan fingerprint density at radius 2 is 2.00 bits per heavy atom. The Morgan fingerprint density at radius 3 is 2.65 bits per heavy atom. The Bertz CT molecular complexity index is 643. The molecule has 1 N–H and O–H groups in total. The normalized spacial score (nSPS) is 12.2. The van der Waals surface area contributed by atoms with E-state index in [-0.39, 0.29) is 17.9 Å². The van der Waals surface area contributed by atoms with E-state index in [0.29, 0.717) is 16.7 Å². The van der Waals surface area contributed by atoms with Crippen molar-refractivity contribution in [3.05, 3.63) is 75.1 Å². The van der Waals surface area contributed by atoms with Crippen molar-refractivity contribution >= 4 is 5.69 Å². The molecule has 2 rings (SSSR count). The molecule has 0 radical (unpaired) electrons. The van der Waals surface area contributed by atoms with Crippen molar-refractivity contribution in [2.75, 3.05) is 0 Å². The van der Waals surface area contributed by atoms with E-state index in [1.165, 1.54) is 24.3 Å². The molecule has 0 aromatic heterocycles. The second kappa shape index (κ2) is 5.79. The van der Waals surface area contributed by atoms with Gasteiger partial charge in [0.25, 0.3) is 5.69 Å². The summed E-state index contributed by atoms with van der Waals surface area (Å²) in [6, 6.07) is 10.4. The zero-order valence-electron chi connectivity index (χ0n) is 10.9. The van der Waals surface area contributed by atoms with Crippen molar-refractivity contribution in [2.45, 2.75) is 19.4 Å². The fraction of sp³-hybridized carbons (Fsp3) is 0.200. The first-order valence-corrected chi connectivity index (χ1v) is 6.15. The summed E-state index contributed by atoms with van der Waals surface area (Å²) in [6.45, 7) is 1.70. The molecule has 4 nitrogen and oxygen atoms in total. The largest absolute Gasteiger partial charge is 0.388 e. The smallest absolute Gasteiger partial charge is 0.272 e. The molecule has 0 bridgehead atoms. The van der Waals surface area contributed by atoms with Crippen LogP contribution in [0, 0.1) is 22.9 Å². The van der Waals surface area contributed by atoms with E-state index in [2.05, 4.69) is 0 Å². The number of aliphatic hydroxyl groups is 1. The van der Waals surface area contributed by atoms with Gasteiger partial charge < -0.3 is 5.11 Å². The van der Waals surface area contributed by atoms with Crippen LogP contribution in [-0.2, 0) is 6.42 Å². The average Bonchev–Trinajstić information content (AvgIpc) is 2.38. The minimum Gasteiger partial charge on any atom is -0.388 e. The minimum atomic E-state index is -0.906. The molecule has 5 heteroatoms. The van der Waals surface area contributed by atoms with Gasteiger partial charge in [0.15, 0.2) is 0 Å². The monoisotopic (exact) mass is 275 g/mol. The van der Waals surface area contributed by atoms with Crippen molar-refractivity contribution in [1.29, 1.82) is 0 Å². The van der Waals surface area contributed by atoms with Crippen molar-refractivity contribution in [1.82, 2.24) is 0 Å². The predicted molar refractivity (Wildman–Crippen MR) is 72.9 cm³/mol. The second-order valence-corrected chi connectivity index (χ2v) is 4.61. The SMILES string of the molecule is Cc1cc(F)ccc1C(O)Cc1ccccc1[N+](=O)[O-]. The maximum absolute atomic E-state index is 13.0. The lowest BCUT2D eigenvalue weighted by Crippen LogP contribution is -2.06. The van der Waals surface area contributed by atoms with Gasteiger partial charge in [-0.2, -0.15) is 0 Å². The number of hydrogen-bond acceptors (Lipinski definition) is 3. The topological polar surface area (TPSA) is 63.4 Å². The third kappa shape index (κ3) is 3.00. The Labute approximate surface area is 115 Å². The van der Waals surface area contributed by atoms with Gasteiger partial charge >= 0.3 is 0 Å². The summed E-state index contributed by atoms with van der Waals surface area (Å²) in [5.41, 5.74) is 1.63. The van der Waals surface area contributed by atoms with Gasteiger partial charge in [-0.25, -0.2) is 4.39 Å². The van der Waals surface area contributed by atoms with Gasteiger partial charge in [0.05, 0.1) is 11.0 Å². The first kappa shape index (κ1) is 14.1. The van der Waals surface area contributed by atoms with E-state index < -0.39 is 11.0 Å². The molecule has 0 amide bonds. The van der Waals surface area contributed by atoms with E-state index in [0.717, 1.165) is 0 Å². The standard InChI is InChI=1S/C15H14FNO3/c1-10-8-12(16)6-7-13(10)15(18)9-11-4-2-3-5-14(11)17(19)20/h2-8,15,18H,9H2,1H3. The maximum atomic E-state index is 13.0. The number of aliphatic hydroxyl groups excluding tert-OH is 1. The van der Waals surface area contributed by atoms with E-state index in [4.69, 9.17) is 0 Å². The van der Waals surface area contributed by atoms with Crippen LogP contribution in [0.25, 0.3) is 0 Å². The average molecular weight is 275 g/mol. The van der Waals surface area contributed by atoms with Crippen LogP contribution in [0.4, 0.5) is 10.1 Å². The van der Waals surface area contributed by atoms with E-state index in [1.807, 2.05) is 0 Å². The number of benzene rings is 2. The molecule has 2 aromatic carbocycles. The number of hydrogen-bond donors (Lipinski definition) is 1. The number of halogens is 1. The molecule has 0 aliphatic rings. The van der Waals surface area contributed by atoms with Gasteiger partial charge in [-0.15, -0.1) is 0 Å². The minimum absolute atomic E-state index is 0.0219. The quantitative estimate of drug-likeness (QED) is 0.687. The van der Waals surface area contributed by atoms with Gasteiger partial charge in [0.2, 0.25) is 0 Å². The van der Waals surface area contributed by atoms with Gasteiger partial charge in [-0.3, -0.25) is 10.1 Å².